The first-order valence-electron chi connectivity index (χ1n) is 8.69. The average molecular weight is 332 g/mol. The SMILES string of the molecule is Cc1ccc(-c2cc([C@@H](O)C/C=C\CCN)c3ccccc3n2)cc1. The number of nitrogens with zero attached hydrogens (tertiary/aromatic N) is 1. The summed E-state index contributed by atoms with van der Waals surface area (Å²) in [6, 6.07) is 18.3. The second-order valence-corrected chi connectivity index (χ2v) is 6.28. The minimum atomic E-state index is -0.564. The van der Waals surface area contributed by atoms with Crippen molar-refractivity contribution in [2.45, 2.75) is 25.9 Å². The number of aliphatic hydroxyl groups is 1. The summed E-state index contributed by atoms with van der Waals surface area (Å²) >= 11 is 0. The summed E-state index contributed by atoms with van der Waals surface area (Å²) in [5.74, 6) is 0. The Labute approximate surface area is 148 Å². The van der Waals surface area contributed by atoms with Gasteiger partial charge in [-0.3, -0.25) is 0 Å². The van der Waals surface area contributed by atoms with Gasteiger partial charge in [-0.1, -0.05) is 60.2 Å². The molecule has 1 atom stereocenters. The Bertz CT molecular complexity index is 869. The normalized spacial score (nSPS) is 12.8. The third-order valence-electron chi connectivity index (χ3n) is 4.31. The molecular formula is C22H24N2O. The highest BCUT2D eigenvalue weighted by Crippen LogP contribution is 2.30. The average Bonchev–Trinajstić information content (AvgIpc) is 2.65. The first-order chi connectivity index (χ1) is 12.2. The fourth-order valence-electron chi connectivity index (χ4n) is 2.92. The summed E-state index contributed by atoms with van der Waals surface area (Å²) in [6.45, 7) is 2.70. The molecule has 1 heterocycles. The van der Waals surface area contributed by atoms with Crippen LogP contribution in [0.15, 0.2) is 66.7 Å². The van der Waals surface area contributed by atoms with Crippen LogP contribution < -0.4 is 5.73 Å². The summed E-state index contributed by atoms with van der Waals surface area (Å²) in [4.78, 5) is 4.78. The highest BCUT2D eigenvalue weighted by Gasteiger charge is 2.13. The van der Waals surface area contributed by atoms with Gasteiger partial charge in [0.1, 0.15) is 0 Å². The molecule has 0 aliphatic carbocycles. The van der Waals surface area contributed by atoms with Crippen LogP contribution in [-0.2, 0) is 0 Å². The number of pyridine rings is 1. The maximum Gasteiger partial charge on any atom is 0.0831 e. The molecule has 3 aromatic rings. The summed E-state index contributed by atoms with van der Waals surface area (Å²) < 4.78 is 0. The Morgan fingerprint density at radius 2 is 1.84 bits per heavy atom. The van der Waals surface area contributed by atoms with Crippen molar-refractivity contribution < 1.29 is 5.11 Å². The first-order valence-corrected chi connectivity index (χ1v) is 8.69. The van der Waals surface area contributed by atoms with Crippen molar-refractivity contribution in [1.82, 2.24) is 4.98 Å². The van der Waals surface area contributed by atoms with Gasteiger partial charge in [-0.25, -0.2) is 4.98 Å². The third kappa shape index (κ3) is 4.13. The van der Waals surface area contributed by atoms with Crippen molar-refractivity contribution in [3.8, 4) is 11.3 Å². The van der Waals surface area contributed by atoms with Gasteiger partial charge in [0.25, 0.3) is 0 Å². The molecule has 0 bridgehead atoms. The Hall–Kier alpha value is -2.49. The van der Waals surface area contributed by atoms with Crippen molar-refractivity contribution in [3.05, 3.63) is 77.9 Å². The second kappa shape index (κ2) is 8.06. The number of aliphatic hydroxyl groups excluding tert-OH is 1. The van der Waals surface area contributed by atoms with Gasteiger partial charge in [0, 0.05) is 10.9 Å². The quantitative estimate of drug-likeness (QED) is 0.652. The lowest BCUT2D eigenvalue weighted by Crippen LogP contribution is -2.00. The van der Waals surface area contributed by atoms with Gasteiger partial charge < -0.3 is 10.8 Å². The Balaban J connectivity index is 2.02. The monoisotopic (exact) mass is 332 g/mol. The molecule has 3 heteroatoms. The van der Waals surface area contributed by atoms with Crippen molar-refractivity contribution in [1.29, 1.82) is 0 Å². The van der Waals surface area contributed by atoms with Crippen LogP contribution in [0.2, 0.25) is 0 Å². The van der Waals surface area contributed by atoms with Crippen LogP contribution in [0.5, 0.6) is 0 Å². The summed E-state index contributed by atoms with van der Waals surface area (Å²) in [7, 11) is 0. The van der Waals surface area contributed by atoms with Crippen LogP contribution in [0.3, 0.4) is 0 Å². The van der Waals surface area contributed by atoms with E-state index in [1.165, 1.54) is 5.56 Å². The van der Waals surface area contributed by atoms with Gasteiger partial charge >= 0.3 is 0 Å². The number of nitrogens with two attached hydrogens (primary N) is 1. The first kappa shape index (κ1) is 17.3. The van der Waals surface area contributed by atoms with Crippen molar-refractivity contribution in [2.75, 3.05) is 6.54 Å². The number of hydrogen-bond acceptors (Lipinski definition) is 3. The van der Waals surface area contributed by atoms with E-state index in [-0.39, 0.29) is 0 Å². The molecule has 0 aliphatic heterocycles. The van der Waals surface area contributed by atoms with Gasteiger partial charge in [0.2, 0.25) is 0 Å². The number of fused-ring (bicyclic) bond motifs is 1. The van der Waals surface area contributed by atoms with E-state index in [9.17, 15) is 5.11 Å². The smallest absolute Gasteiger partial charge is 0.0831 e. The molecule has 0 spiro atoms. The zero-order chi connectivity index (χ0) is 17.6. The predicted molar refractivity (Wildman–Crippen MR) is 104 cm³/mol. The molecule has 0 unspecified atom stereocenters. The maximum atomic E-state index is 10.7. The van der Waals surface area contributed by atoms with E-state index in [1.54, 1.807) is 0 Å². The van der Waals surface area contributed by atoms with E-state index in [4.69, 9.17) is 10.7 Å². The molecule has 3 rings (SSSR count). The van der Waals surface area contributed by atoms with Crippen LogP contribution in [0.25, 0.3) is 22.2 Å². The fraction of sp³-hybridized carbons (Fsp3) is 0.227. The molecule has 0 amide bonds. The highest BCUT2D eigenvalue weighted by molar-refractivity contribution is 5.85. The summed E-state index contributed by atoms with van der Waals surface area (Å²) in [6.07, 6.45) is 4.86. The van der Waals surface area contributed by atoms with Crippen molar-refractivity contribution in [2.24, 2.45) is 5.73 Å². The number of rotatable bonds is 6. The third-order valence-corrected chi connectivity index (χ3v) is 4.31. The summed E-state index contributed by atoms with van der Waals surface area (Å²) in [5.41, 5.74) is 10.5. The number of aromatic nitrogens is 1. The van der Waals surface area contributed by atoms with E-state index >= 15 is 0 Å². The van der Waals surface area contributed by atoms with Crippen molar-refractivity contribution >= 4 is 10.9 Å². The fourth-order valence-corrected chi connectivity index (χ4v) is 2.92. The van der Waals surface area contributed by atoms with Crippen LogP contribution in [0.4, 0.5) is 0 Å². The molecule has 2 aromatic carbocycles. The minimum Gasteiger partial charge on any atom is -0.388 e. The zero-order valence-corrected chi connectivity index (χ0v) is 14.5. The standard InChI is InChI=1S/C22H24N2O/c1-16-10-12-17(13-11-16)21-15-19(22(25)9-3-2-6-14-23)18-7-4-5-8-20(18)24-21/h2-5,7-8,10-13,15,22,25H,6,9,14,23H2,1H3/b3-2-/t22-/m0/s1. The van der Waals surface area contributed by atoms with Gasteiger partial charge in [0.15, 0.2) is 0 Å². The van der Waals surface area contributed by atoms with Crippen LogP contribution in [0, 0.1) is 6.92 Å². The molecule has 1 aromatic heterocycles. The Morgan fingerprint density at radius 1 is 1.08 bits per heavy atom. The molecule has 0 fully saturated rings. The molecule has 0 saturated carbocycles. The van der Waals surface area contributed by atoms with Gasteiger partial charge in [-0.2, -0.15) is 0 Å². The van der Waals surface area contributed by atoms with Gasteiger partial charge in [0.05, 0.1) is 17.3 Å². The van der Waals surface area contributed by atoms with Crippen LogP contribution >= 0.6 is 0 Å². The zero-order valence-electron chi connectivity index (χ0n) is 14.5. The molecule has 0 aliphatic rings. The number of para-hydroxylation sites is 1. The minimum absolute atomic E-state index is 0.564. The van der Waals surface area contributed by atoms with E-state index in [1.807, 2.05) is 42.5 Å². The largest absolute Gasteiger partial charge is 0.388 e. The number of hydrogen-bond donors (Lipinski definition) is 2. The molecule has 3 N–H and O–H groups in total. The van der Waals surface area contributed by atoms with Gasteiger partial charge in [-0.15, -0.1) is 0 Å². The molecule has 3 nitrogen and oxygen atoms in total. The maximum absolute atomic E-state index is 10.7. The number of benzene rings is 2. The molecule has 128 valence electrons. The molecule has 0 radical (unpaired) electrons. The topological polar surface area (TPSA) is 59.1 Å². The Morgan fingerprint density at radius 3 is 2.60 bits per heavy atom. The van der Waals surface area contributed by atoms with Crippen LogP contribution in [0.1, 0.15) is 30.1 Å². The van der Waals surface area contributed by atoms with Crippen LogP contribution in [-0.4, -0.2) is 16.6 Å². The summed E-state index contributed by atoms with van der Waals surface area (Å²) in [5, 5.41) is 11.7. The van der Waals surface area contributed by atoms with E-state index in [0.717, 1.165) is 34.1 Å². The lowest BCUT2D eigenvalue weighted by Gasteiger charge is -2.14. The predicted octanol–water partition coefficient (Wildman–Crippen LogP) is 4.54. The Kier molecular flexibility index (Phi) is 5.59. The lowest BCUT2D eigenvalue weighted by atomic mass is 9.98. The van der Waals surface area contributed by atoms with E-state index < -0.39 is 6.10 Å². The molecular weight excluding hydrogens is 308 g/mol. The van der Waals surface area contributed by atoms with Gasteiger partial charge in [-0.05, 0) is 44.0 Å². The lowest BCUT2D eigenvalue weighted by molar-refractivity contribution is 0.183. The van der Waals surface area contributed by atoms with Crippen molar-refractivity contribution in [3.63, 3.8) is 0 Å². The number of aryl methyl sites for hydroxylation is 1. The molecule has 0 saturated heterocycles. The van der Waals surface area contributed by atoms with E-state index in [2.05, 4.69) is 31.2 Å². The molecule has 25 heavy (non-hydrogen) atoms. The van der Waals surface area contributed by atoms with E-state index in [0.29, 0.717) is 13.0 Å². The second-order valence-electron chi connectivity index (χ2n) is 6.28. The highest BCUT2D eigenvalue weighted by atomic mass is 16.3.